The van der Waals surface area contributed by atoms with Crippen LogP contribution < -0.4 is 5.46 Å². The van der Waals surface area contributed by atoms with Crippen molar-refractivity contribution in [2.45, 2.75) is 0 Å². The molecule has 0 fully saturated rings. The standard InChI is InChI=1S/C7H5BINO3/c9-7-10-5-3-4(8(11)12)1-2-6(5)13-7/h1-3,11-12H. The fraction of sp³-hybridized carbons (Fsp3) is 0. The molecule has 0 radical (unpaired) electrons. The number of halogens is 1. The molecule has 1 aromatic carbocycles. The lowest BCUT2D eigenvalue weighted by Crippen LogP contribution is -2.29. The Hall–Kier alpha value is -0.595. The fourth-order valence-electron chi connectivity index (χ4n) is 1.08. The van der Waals surface area contributed by atoms with Gasteiger partial charge in [0.1, 0.15) is 5.52 Å². The van der Waals surface area contributed by atoms with Crippen LogP contribution in [0.5, 0.6) is 0 Å². The number of aromatic nitrogens is 1. The maximum Gasteiger partial charge on any atom is 0.488 e. The number of oxazole rings is 1. The van der Waals surface area contributed by atoms with Gasteiger partial charge in [-0.05, 0) is 17.6 Å². The molecule has 0 aliphatic rings. The first-order valence-corrected chi connectivity index (χ1v) is 4.67. The Morgan fingerprint density at radius 1 is 1.38 bits per heavy atom. The van der Waals surface area contributed by atoms with Gasteiger partial charge < -0.3 is 14.5 Å². The molecule has 0 atom stereocenters. The van der Waals surface area contributed by atoms with Crippen LogP contribution in [0.1, 0.15) is 0 Å². The van der Waals surface area contributed by atoms with Gasteiger partial charge in [0.15, 0.2) is 5.58 Å². The molecule has 0 saturated carbocycles. The minimum Gasteiger partial charge on any atom is -0.432 e. The monoisotopic (exact) mass is 289 g/mol. The quantitative estimate of drug-likeness (QED) is 0.578. The molecule has 0 unspecified atom stereocenters. The van der Waals surface area contributed by atoms with Crippen molar-refractivity contribution in [2.75, 3.05) is 0 Å². The molecule has 1 aromatic heterocycles. The maximum absolute atomic E-state index is 8.89. The molecule has 1 heterocycles. The number of nitrogens with zero attached hydrogens (tertiary/aromatic N) is 1. The van der Waals surface area contributed by atoms with Gasteiger partial charge in [0.05, 0.1) is 0 Å². The molecular weight excluding hydrogens is 284 g/mol. The van der Waals surface area contributed by atoms with Crippen molar-refractivity contribution in [3.63, 3.8) is 0 Å². The zero-order valence-electron chi connectivity index (χ0n) is 6.44. The van der Waals surface area contributed by atoms with Gasteiger partial charge in [-0.3, -0.25) is 0 Å². The van der Waals surface area contributed by atoms with Crippen LogP contribution in [-0.2, 0) is 0 Å². The highest BCUT2D eigenvalue weighted by molar-refractivity contribution is 14.1. The van der Waals surface area contributed by atoms with E-state index in [0.29, 0.717) is 20.5 Å². The predicted molar refractivity (Wildman–Crippen MR) is 56.6 cm³/mol. The average Bonchev–Trinajstić information content (AvgIpc) is 2.42. The summed E-state index contributed by atoms with van der Waals surface area (Å²) in [6.45, 7) is 0. The largest absolute Gasteiger partial charge is 0.488 e. The topological polar surface area (TPSA) is 66.5 Å². The number of benzene rings is 1. The minimum atomic E-state index is -1.46. The van der Waals surface area contributed by atoms with E-state index in [9.17, 15) is 0 Å². The van der Waals surface area contributed by atoms with Gasteiger partial charge in [-0.1, -0.05) is 6.07 Å². The molecule has 2 N–H and O–H groups in total. The van der Waals surface area contributed by atoms with Crippen LogP contribution in [0.15, 0.2) is 22.6 Å². The van der Waals surface area contributed by atoms with E-state index in [4.69, 9.17) is 14.5 Å². The Morgan fingerprint density at radius 2 is 2.15 bits per heavy atom. The number of hydrogen-bond acceptors (Lipinski definition) is 4. The lowest BCUT2D eigenvalue weighted by Gasteiger charge is -1.96. The molecular formula is C7H5BINO3. The molecule has 13 heavy (non-hydrogen) atoms. The van der Waals surface area contributed by atoms with Gasteiger partial charge >= 0.3 is 7.12 Å². The van der Waals surface area contributed by atoms with Gasteiger partial charge in [0.25, 0.3) is 3.90 Å². The van der Waals surface area contributed by atoms with Gasteiger partial charge in [0.2, 0.25) is 0 Å². The van der Waals surface area contributed by atoms with E-state index < -0.39 is 7.12 Å². The lowest BCUT2D eigenvalue weighted by molar-refractivity contribution is 0.426. The molecule has 0 saturated heterocycles. The molecule has 66 valence electrons. The maximum atomic E-state index is 8.89. The summed E-state index contributed by atoms with van der Waals surface area (Å²) in [6, 6.07) is 4.85. The van der Waals surface area contributed by atoms with Crippen molar-refractivity contribution in [1.82, 2.24) is 4.98 Å². The molecule has 6 heteroatoms. The van der Waals surface area contributed by atoms with Crippen LogP contribution in [0.25, 0.3) is 11.1 Å². The van der Waals surface area contributed by atoms with Crippen LogP contribution in [0, 0.1) is 3.90 Å². The van der Waals surface area contributed by atoms with Crippen molar-refractivity contribution in [3.05, 3.63) is 22.1 Å². The number of rotatable bonds is 1. The third-order valence-electron chi connectivity index (χ3n) is 1.68. The molecule has 0 aliphatic carbocycles. The SMILES string of the molecule is OB(O)c1ccc2oc(I)nc2c1. The first-order valence-electron chi connectivity index (χ1n) is 3.59. The first-order chi connectivity index (χ1) is 6.16. The second kappa shape index (κ2) is 3.28. The number of hydrogen-bond donors (Lipinski definition) is 2. The predicted octanol–water partition coefficient (Wildman–Crippen LogP) is 0.112. The Labute approximate surface area is 87.9 Å². The summed E-state index contributed by atoms with van der Waals surface area (Å²) in [5.41, 5.74) is 1.70. The van der Waals surface area contributed by atoms with Gasteiger partial charge in [-0.15, -0.1) is 0 Å². The summed E-state index contributed by atoms with van der Waals surface area (Å²) in [7, 11) is -1.46. The van der Waals surface area contributed by atoms with Gasteiger partial charge in [-0.2, -0.15) is 0 Å². The highest BCUT2D eigenvalue weighted by Gasteiger charge is 2.12. The minimum absolute atomic E-state index is 0.414. The highest BCUT2D eigenvalue weighted by Crippen LogP contribution is 2.14. The third kappa shape index (κ3) is 1.69. The Bertz CT molecular complexity index is 442. The fourth-order valence-corrected chi connectivity index (χ4v) is 1.57. The summed E-state index contributed by atoms with van der Waals surface area (Å²) < 4.78 is 5.75. The van der Waals surface area contributed by atoms with E-state index in [0.717, 1.165) is 0 Å². The van der Waals surface area contributed by atoms with Crippen LogP contribution in [0.3, 0.4) is 0 Å². The summed E-state index contributed by atoms with van der Waals surface area (Å²) in [4.78, 5) is 4.05. The smallest absolute Gasteiger partial charge is 0.432 e. The summed E-state index contributed by atoms with van der Waals surface area (Å²) in [6.07, 6.45) is 0. The Balaban J connectivity index is 2.61. The van der Waals surface area contributed by atoms with Crippen molar-refractivity contribution in [2.24, 2.45) is 0 Å². The van der Waals surface area contributed by atoms with E-state index >= 15 is 0 Å². The second-order valence-corrected chi connectivity index (χ2v) is 3.49. The third-order valence-corrected chi connectivity index (χ3v) is 2.15. The molecule has 0 aliphatic heterocycles. The molecule has 0 spiro atoms. The number of fused-ring (bicyclic) bond motifs is 1. The Kier molecular flexibility index (Phi) is 2.26. The van der Waals surface area contributed by atoms with Gasteiger partial charge in [-0.25, -0.2) is 4.98 Å². The molecule has 4 nitrogen and oxygen atoms in total. The van der Waals surface area contributed by atoms with Crippen LogP contribution >= 0.6 is 22.6 Å². The van der Waals surface area contributed by atoms with E-state index in [2.05, 4.69) is 4.98 Å². The van der Waals surface area contributed by atoms with E-state index in [1.807, 2.05) is 22.6 Å². The van der Waals surface area contributed by atoms with Crippen LogP contribution in [0.4, 0.5) is 0 Å². The highest BCUT2D eigenvalue weighted by atomic mass is 127. The van der Waals surface area contributed by atoms with Crippen LogP contribution in [0.2, 0.25) is 0 Å². The summed E-state index contributed by atoms with van der Waals surface area (Å²) in [5.74, 6) is 0. The summed E-state index contributed by atoms with van der Waals surface area (Å²) in [5, 5.41) is 17.8. The van der Waals surface area contributed by atoms with E-state index in [1.54, 1.807) is 18.2 Å². The van der Waals surface area contributed by atoms with Crippen molar-refractivity contribution < 1.29 is 14.5 Å². The first kappa shape index (κ1) is 8.98. The second-order valence-electron chi connectivity index (χ2n) is 2.57. The van der Waals surface area contributed by atoms with Crippen molar-refractivity contribution in [3.8, 4) is 0 Å². The normalized spacial score (nSPS) is 10.7. The zero-order valence-corrected chi connectivity index (χ0v) is 8.59. The van der Waals surface area contributed by atoms with Crippen LogP contribution in [-0.4, -0.2) is 22.2 Å². The Morgan fingerprint density at radius 3 is 2.85 bits per heavy atom. The van der Waals surface area contributed by atoms with Crippen molar-refractivity contribution >= 4 is 46.3 Å². The summed E-state index contributed by atoms with van der Waals surface area (Å²) >= 11 is 1.96. The zero-order chi connectivity index (χ0) is 9.42. The molecule has 0 amide bonds. The van der Waals surface area contributed by atoms with E-state index in [1.165, 1.54) is 0 Å². The van der Waals surface area contributed by atoms with Crippen molar-refractivity contribution in [1.29, 1.82) is 0 Å². The lowest BCUT2D eigenvalue weighted by atomic mass is 9.80. The molecule has 2 aromatic rings. The average molecular weight is 289 g/mol. The van der Waals surface area contributed by atoms with Gasteiger partial charge in [0, 0.05) is 22.6 Å². The van der Waals surface area contributed by atoms with E-state index in [-0.39, 0.29) is 0 Å². The molecule has 2 rings (SSSR count). The molecule has 0 bridgehead atoms.